The predicted octanol–water partition coefficient (Wildman–Crippen LogP) is 2.34. The van der Waals surface area contributed by atoms with E-state index in [1.807, 2.05) is 0 Å². The molecule has 88 valence electrons. The van der Waals surface area contributed by atoms with Crippen LogP contribution in [0.1, 0.15) is 32.4 Å². The quantitative estimate of drug-likeness (QED) is 0.826. The van der Waals surface area contributed by atoms with Gasteiger partial charge in [-0.25, -0.2) is 4.39 Å². The summed E-state index contributed by atoms with van der Waals surface area (Å²) in [6.45, 7) is 4.95. The van der Waals surface area contributed by atoms with Crippen LogP contribution in [0, 0.1) is 5.82 Å². The second kappa shape index (κ2) is 4.61. The van der Waals surface area contributed by atoms with Crippen LogP contribution in [0.4, 0.5) is 4.39 Å². The molecule has 0 aliphatic carbocycles. The molecule has 0 bridgehead atoms. The second-order valence-electron chi connectivity index (χ2n) is 4.35. The van der Waals surface area contributed by atoms with Gasteiger partial charge in [0, 0.05) is 6.04 Å². The Balaban J connectivity index is 2.80. The number of carbonyl (C=O) groups is 1. The Hall–Kier alpha value is -1.42. The summed E-state index contributed by atoms with van der Waals surface area (Å²) in [6, 6.07) is 5.91. The fourth-order valence-corrected chi connectivity index (χ4v) is 1.46. The number of halogens is 1. The number of hydrogen-bond donors (Lipinski definition) is 2. The van der Waals surface area contributed by atoms with Crippen LogP contribution in [0.25, 0.3) is 0 Å². The normalized spacial score (nSPS) is 13.5. The van der Waals surface area contributed by atoms with Crippen molar-refractivity contribution in [3.05, 3.63) is 35.6 Å². The molecule has 1 rings (SSSR count). The molecule has 0 heterocycles. The number of rotatable bonds is 4. The van der Waals surface area contributed by atoms with E-state index in [2.05, 4.69) is 5.32 Å². The summed E-state index contributed by atoms with van der Waals surface area (Å²) >= 11 is 0. The molecule has 0 aromatic heterocycles. The molecular formula is C12H16FNO2. The minimum atomic E-state index is -1.04. The lowest BCUT2D eigenvalue weighted by Crippen LogP contribution is -2.47. The van der Waals surface area contributed by atoms with Crippen molar-refractivity contribution in [2.45, 2.75) is 32.4 Å². The molecular weight excluding hydrogens is 209 g/mol. The number of nitrogens with one attached hydrogen (secondary N) is 1. The molecule has 4 heteroatoms. The van der Waals surface area contributed by atoms with E-state index in [1.165, 1.54) is 12.1 Å². The first-order chi connectivity index (χ1) is 7.33. The van der Waals surface area contributed by atoms with Crippen LogP contribution in [0.2, 0.25) is 0 Å². The highest BCUT2D eigenvalue weighted by Crippen LogP contribution is 2.17. The first-order valence-corrected chi connectivity index (χ1v) is 5.09. The standard InChI is InChI=1S/C12H16FNO2/c1-8(14-12(2,3)11(15)16)9-5-4-6-10(13)7-9/h4-8,14H,1-3H3,(H,15,16). The van der Waals surface area contributed by atoms with Crippen molar-refractivity contribution in [3.8, 4) is 0 Å². The smallest absolute Gasteiger partial charge is 0.323 e. The molecule has 0 saturated heterocycles. The summed E-state index contributed by atoms with van der Waals surface area (Å²) in [5, 5.41) is 11.9. The highest BCUT2D eigenvalue weighted by molar-refractivity contribution is 5.77. The molecule has 0 aliphatic rings. The van der Waals surface area contributed by atoms with Gasteiger partial charge >= 0.3 is 5.97 Å². The summed E-state index contributed by atoms with van der Waals surface area (Å²) in [4.78, 5) is 10.9. The van der Waals surface area contributed by atoms with E-state index in [1.54, 1.807) is 32.9 Å². The van der Waals surface area contributed by atoms with Gasteiger partial charge in [-0.1, -0.05) is 12.1 Å². The van der Waals surface area contributed by atoms with Gasteiger partial charge in [-0.15, -0.1) is 0 Å². The Bertz CT molecular complexity index is 390. The van der Waals surface area contributed by atoms with Crippen molar-refractivity contribution in [1.29, 1.82) is 0 Å². The van der Waals surface area contributed by atoms with E-state index in [-0.39, 0.29) is 11.9 Å². The largest absolute Gasteiger partial charge is 0.480 e. The lowest BCUT2D eigenvalue weighted by Gasteiger charge is -2.26. The third-order valence-corrected chi connectivity index (χ3v) is 2.46. The summed E-state index contributed by atoms with van der Waals surface area (Å²) in [7, 11) is 0. The van der Waals surface area contributed by atoms with Gasteiger partial charge in [0.15, 0.2) is 0 Å². The van der Waals surface area contributed by atoms with E-state index in [9.17, 15) is 9.18 Å². The van der Waals surface area contributed by atoms with E-state index >= 15 is 0 Å². The number of carboxylic acids is 1. The fraction of sp³-hybridized carbons (Fsp3) is 0.417. The summed E-state index contributed by atoms with van der Waals surface area (Å²) in [5.74, 6) is -1.25. The van der Waals surface area contributed by atoms with Crippen molar-refractivity contribution >= 4 is 5.97 Å². The first kappa shape index (κ1) is 12.6. The van der Waals surface area contributed by atoms with Crippen LogP contribution in [0.3, 0.4) is 0 Å². The third-order valence-electron chi connectivity index (χ3n) is 2.46. The van der Waals surface area contributed by atoms with Gasteiger partial charge in [-0.3, -0.25) is 10.1 Å². The predicted molar refractivity (Wildman–Crippen MR) is 59.7 cm³/mol. The van der Waals surface area contributed by atoms with E-state index in [4.69, 9.17) is 5.11 Å². The molecule has 0 radical (unpaired) electrons. The number of benzene rings is 1. The average Bonchev–Trinajstić information content (AvgIpc) is 2.16. The van der Waals surface area contributed by atoms with Crippen LogP contribution in [-0.4, -0.2) is 16.6 Å². The van der Waals surface area contributed by atoms with E-state index < -0.39 is 11.5 Å². The topological polar surface area (TPSA) is 49.3 Å². The molecule has 2 N–H and O–H groups in total. The SMILES string of the molecule is CC(NC(C)(C)C(=O)O)c1cccc(F)c1. The molecule has 0 amide bonds. The summed E-state index contributed by atoms with van der Waals surface area (Å²) in [5.41, 5.74) is -0.305. The van der Waals surface area contributed by atoms with Gasteiger partial charge in [-0.2, -0.15) is 0 Å². The van der Waals surface area contributed by atoms with Crippen molar-refractivity contribution in [2.75, 3.05) is 0 Å². The maximum atomic E-state index is 13.0. The zero-order chi connectivity index (χ0) is 12.3. The molecule has 1 unspecified atom stereocenters. The molecule has 0 aliphatic heterocycles. The maximum Gasteiger partial charge on any atom is 0.323 e. The number of hydrogen-bond acceptors (Lipinski definition) is 2. The van der Waals surface area contributed by atoms with Gasteiger partial charge in [0.2, 0.25) is 0 Å². The number of aliphatic carboxylic acids is 1. The Morgan fingerprint density at radius 1 is 1.50 bits per heavy atom. The van der Waals surface area contributed by atoms with Crippen molar-refractivity contribution in [3.63, 3.8) is 0 Å². The molecule has 16 heavy (non-hydrogen) atoms. The lowest BCUT2D eigenvalue weighted by molar-refractivity contribution is -0.143. The van der Waals surface area contributed by atoms with Gasteiger partial charge < -0.3 is 5.11 Å². The minimum absolute atomic E-state index is 0.221. The Labute approximate surface area is 94.3 Å². The third kappa shape index (κ3) is 3.03. The lowest BCUT2D eigenvalue weighted by atomic mass is 10.0. The van der Waals surface area contributed by atoms with Gasteiger partial charge in [0.1, 0.15) is 11.4 Å². The van der Waals surface area contributed by atoms with Crippen LogP contribution in [0.5, 0.6) is 0 Å². The molecule has 1 atom stereocenters. The van der Waals surface area contributed by atoms with Crippen LogP contribution in [-0.2, 0) is 4.79 Å². The highest BCUT2D eigenvalue weighted by atomic mass is 19.1. The maximum absolute atomic E-state index is 13.0. The molecule has 1 aromatic rings. The molecule has 1 aromatic carbocycles. The van der Waals surface area contributed by atoms with Crippen molar-refractivity contribution in [2.24, 2.45) is 0 Å². The second-order valence-corrected chi connectivity index (χ2v) is 4.35. The van der Waals surface area contributed by atoms with E-state index in [0.29, 0.717) is 0 Å². The van der Waals surface area contributed by atoms with Gasteiger partial charge in [0.05, 0.1) is 0 Å². The van der Waals surface area contributed by atoms with Crippen molar-refractivity contribution in [1.82, 2.24) is 5.32 Å². The van der Waals surface area contributed by atoms with Crippen molar-refractivity contribution < 1.29 is 14.3 Å². The fourth-order valence-electron chi connectivity index (χ4n) is 1.46. The summed E-state index contributed by atoms with van der Waals surface area (Å²) in [6.07, 6.45) is 0. The molecule has 0 saturated carbocycles. The van der Waals surface area contributed by atoms with Gasteiger partial charge in [0.25, 0.3) is 0 Å². The molecule has 3 nitrogen and oxygen atoms in total. The summed E-state index contributed by atoms with van der Waals surface area (Å²) < 4.78 is 13.0. The van der Waals surface area contributed by atoms with Crippen LogP contribution < -0.4 is 5.32 Å². The average molecular weight is 225 g/mol. The van der Waals surface area contributed by atoms with E-state index in [0.717, 1.165) is 5.56 Å². The minimum Gasteiger partial charge on any atom is -0.480 e. The Morgan fingerprint density at radius 3 is 2.62 bits per heavy atom. The zero-order valence-corrected chi connectivity index (χ0v) is 9.62. The monoisotopic (exact) mass is 225 g/mol. The Morgan fingerprint density at radius 2 is 2.12 bits per heavy atom. The molecule has 0 fully saturated rings. The zero-order valence-electron chi connectivity index (χ0n) is 9.62. The molecule has 0 spiro atoms. The Kier molecular flexibility index (Phi) is 3.65. The highest BCUT2D eigenvalue weighted by Gasteiger charge is 2.28. The first-order valence-electron chi connectivity index (χ1n) is 5.09. The van der Waals surface area contributed by atoms with Gasteiger partial charge in [-0.05, 0) is 38.5 Å². The van der Waals surface area contributed by atoms with Crippen LogP contribution in [0.15, 0.2) is 24.3 Å². The number of carboxylic acid groups (broad SMARTS) is 1. The van der Waals surface area contributed by atoms with Crippen LogP contribution >= 0.6 is 0 Å².